The molecule has 1 aliphatic heterocycles. The summed E-state index contributed by atoms with van der Waals surface area (Å²) in [5.74, 6) is 0.491. The molecule has 2 heterocycles. The van der Waals surface area contributed by atoms with Crippen LogP contribution in [0.15, 0.2) is 24.5 Å². The van der Waals surface area contributed by atoms with Crippen LogP contribution in [0.3, 0.4) is 0 Å². The average Bonchev–Trinajstić information content (AvgIpc) is 2.82. The molecular formula is C13H14N2O3S. The van der Waals surface area contributed by atoms with Gasteiger partial charge in [0.15, 0.2) is 0 Å². The van der Waals surface area contributed by atoms with Crippen LogP contribution in [-0.4, -0.2) is 36.3 Å². The van der Waals surface area contributed by atoms with Gasteiger partial charge in [-0.1, -0.05) is 0 Å². The molecule has 0 spiro atoms. The number of hydrogen-bond acceptors (Lipinski definition) is 3. The van der Waals surface area contributed by atoms with Gasteiger partial charge in [0.1, 0.15) is 0 Å². The van der Waals surface area contributed by atoms with Crippen LogP contribution in [0.25, 0.3) is 11.0 Å². The van der Waals surface area contributed by atoms with E-state index in [1.165, 1.54) is 0 Å². The first kappa shape index (κ1) is 12.3. The number of nitrogens with zero attached hydrogens (tertiary/aromatic N) is 2. The van der Waals surface area contributed by atoms with Crippen molar-refractivity contribution in [2.24, 2.45) is 0 Å². The van der Waals surface area contributed by atoms with Crippen LogP contribution < -0.4 is 0 Å². The minimum Gasteiger partial charge on any atom is -0.478 e. The van der Waals surface area contributed by atoms with Crippen molar-refractivity contribution >= 4 is 27.8 Å². The average molecular weight is 278 g/mol. The highest BCUT2D eigenvalue weighted by Gasteiger charge is 2.21. The molecule has 0 bridgehead atoms. The van der Waals surface area contributed by atoms with E-state index in [0.717, 1.165) is 23.9 Å². The van der Waals surface area contributed by atoms with Crippen LogP contribution in [0.4, 0.5) is 0 Å². The van der Waals surface area contributed by atoms with E-state index in [9.17, 15) is 9.00 Å². The number of carbonyl (C=O) groups is 1. The fourth-order valence-corrected chi connectivity index (χ4v) is 3.78. The predicted molar refractivity (Wildman–Crippen MR) is 72.8 cm³/mol. The lowest BCUT2D eigenvalue weighted by atomic mass is 10.1. The molecule has 0 aliphatic carbocycles. The minimum atomic E-state index is -0.931. The maximum atomic E-state index is 11.4. The highest BCUT2D eigenvalue weighted by molar-refractivity contribution is 7.85. The lowest BCUT2D eigenvalue weighted by Crippen LogP contribution is -2.21. The molecule has 0 atom stereocenters. The summed E-state index contributed by atoms with van der Waals surface area (Å²) in [6.07, 6.45) is 3.47. The molecular weight excluding hydrogens is 264 g/mol. The number of benzene rings is 1. The van der Waals surface area contributed by atoms with Gasteiger partial charge in [0.05, 0.1) is 22.9 Å². The molecule has 0 amide bonds. The summed E-state index contributed by atoms with van der Waals surface area (Å²) in [7, 11) is -0.696. The second-order valence-electron chi connectivity index (χ2n) is 4.74. The van der Waals surface area contributed by atoms with Crippen molar-refractivity contribution in [3.63, 3.8) is 0 Å². The second kappa shape index (κ2) is 4.77. The third kappa shape index (κ3) is 2.28. The maximum absolute atomic E-state index is 11.4. The molecule has 3 rings (SSSR count). The van der Waals surface area contributed by atoms with Crippen molar-refractivity contribution in [1.29, 1.82) is 0 Å². The fourth-order valence-electron chi connectivity index (χ4n) is 2.51. The van der Waals surface area contributed by atoms with Gasteiger partial charge in [-0.3, -0.25) is 4.21 Å². The zero-order valence-electron chi connectivity index (χ0n) is 10.3. The van der Waals surface area contributed by atoms with E-state index in [0.29, 0.717) is 11.5 Å². The van der Waals surface area contributed by atoms with Crippen LogP contribution in [0.1, 0.15) is 29.2 Å². The summed E-state index contributed by atoms with van der Waals surface area (Å²) in [4.78, 5) is 15.3. The SMILES string of the molecule is O=C(O)c1ccc2ncn(C3CCS(=O)CC3)c2c1. The highest BCUT2D eigenvalue weighted by Crippen LogP contribution is 2.27. The Kier molecular flexibility index (Phi) is 3.10. The van der Waals surface area contributed by atoms with Crippen molar-refractivity contribution in [2.45, 2.75) is 18.9 Å². The molecule has 5 nitrogen and oxygen atoms in total. The monoisotopic (exact) mass is 278 g/mol. The first-order valence-electron chi connectivity index (χ1n) is 6.20. The lowest BCUT2D eigenvalue weighted by molar-refractivity contribution is 0.0697. The number of fused-ring (bicyclic) bond motifs is 1. The van der Waals surface area contributed by atoms with Gasteiger partial charge in [-0.05, 0) is 31.0 Å². The molecule has 1 aromatic heterocycles. The molecule has 1 aromatic carbocycles. The third-order valence-corrected chi connectivity index (χ3v) is 4.95. The fraction of sp³-hybridized carbons (Fsp3) is 0.385. The number of carboxylic acids is 1. The maximum Gasteiger partial charge on any atom is 0.335 e. The summed E-state index contributed by atoms with van der Waals surface area (Å²) in [5.41, 5.74) is 1.92. The van der Waals surface area contributed by atoms with Crippen molar-refractivity contribution in [1.82, 2.24) is 9.55 Å². The van der Waals surface area contributed by atoms with E-state index in [4.69, 9.17) is 5.11 Å². The molecule has 0 radical (unpaired) electrons. The Bertz CT molecular complexity index is 655. The van der Waals surface area contributed by atoms with Gasteiger partial charge in [-0.25, -0.2) is 9.78 Å². The molecule has 1 saturated heterocycles. The standard InChI is InChI=1S/C13H14N2O3S/c16-13(17)9-1-2-11-12(7-9)15(8-14-11)10-3-5-19(18)6-4-10/h1-2,7-8,10H,3-6H2,(H,16,17). The van der Waals surface area contributed by atoms with E-state index in [1.54, 1.807) is 24.5 Å². The Morgan fingerprint density at radius 2 is 2.11 bits per heavy atom. The lowest BCUT2D eigenvalue weighted by Gasteiger charge is -2.23. The minimum absolute atomic E-state index is 0.270. The van der Waals surface area contributed by atoms with Crippen LogP contribution in [0.5, 0.6) is 0 Å². The molecule has 1 fully saturated rings. The topological polar surface area (TPSA) is 72.2 Å². The van der Waals surface area contributed by atoms with Crippen molar-refractivity contribution < 1.29 is 14.1 Å². The summed E-state index contributed by atoms with van der Waals surface area (Å²) in [5, 5.41) is 9.05. The van der Waals surface area contributed by atoms with Gasteiger partial charge in [0.25, 0.3) is 0 Å². The zero-order valence-corrected chi connectivity index (χ0v) is 11.1. The number of hydrogen-bond donors (Lipinski definition) is 1. The number of aromatic nitrogens is 2. The van der Waals surface area contributed by atoms with E-state index >= 15 is 0 Å². The van der Waals surface area contributed by atoms with Crippen LogP contribution in [0.2, 0.25) is 0 Å². The largest absolute Gasteiger partial charge is 0.478 e. The van der Waals surface area contributed by atoms with E-state index in [2.05, 4.69) is 4.98 Å². The first-order chi connectivity index (χ1) is 9.15. The van der Waals surface area contributed by atoms with Gasteiger partial charge in [0, 0.05) is 28.3 Å². The van der Waals surface area contributed by atoms with E-state index in [1.807, 2.05) is 4.57 Å². The molecule has 0 unspecified atom stereocenters. The second-order valence-corrected chi connectivity index (χ2v) is 6.44. The normalized spacial score (nSPS) is 23.6. The third-order valence-electron chi connectivity index (χ3n) is 3.57. The number of imidazole rings is 1. The summed E-state index contributed by atoms with van der Waals surface area (Å²) >= 11 is 0. The van der Waals surface area contributed by atoms with Gasteiger partial charge in [-0.2, -0.15) is 0 Å². The highest BCUT2D eigenvalue weighted by atomic mass is 32.2. The Balaban J connectivity index is 2.01. The molecule has 2 aromatic rings. The Labute approximate surface area is 112 Å². The zero-order chi connectivity index (χ0) is 13.4. The van der Waals surface area contributed by atoms with Crippen LogP contribution >= 0.6 is 0 Å². The quantitative estimate of drug-likeness (QED) is 0.909. The van der Waals surface area contributed by atoms with E-state index in [-0.39, 0.29) is 11.6 Å². The summed E-state index contributed by atoms with van der Waals surface area (Å²) in [6, 6.07) is 5.23. The Morgan fingerprint density at radius 1 is 1.37 bits per heavy atom. The van der Waals surface area contributed by atoms with E-state index < -0.39 is 16.8 Å². The summed E-state index contributed by atoms with van der Waals surface area (Å²) < 4.78 is 13.4. The van der Waals surface area contributed by atoms with Crippen molar-refractivity contribution in [2.75, 3.05) is 11.5 Å². The smallest absolute Gasteiger partial charge is 0.335 e. The Morgan fingerprint density at radius 3 is 2.79 bits per heavy atom. The van der Waals surface area contributed by atoms with Gasteiger partial charge >= 0.3 is 5.97 Å². The molecule has 1 aliphatic rings. The molecule has 100 valence electrons. The van der Waals surface area contributed by atoms with Gasteiger partial charge < -0.3 is 9.67 Å². The molecule has 6 heteroatoms. The Hall–Kier alpha value is -1.69. The van der Waals surface area contributed by atoms with Gasteiger partial charge in [0.2, 0.25) is 0 Å². The van der Waals surface area contributed by atoms with Crippen LogP contribution in [-0.2, 0) is 10.8 Å². The number of aromatic carboxylic acids is 1. The van der Waals surface area contributed by atoms with Crippen molar-refractivity contribution in [3.05, 3.63) is 30.1 Å². The molecule has 19 heavy (non-hydrogen) atoms. The first-order valence-corrected chi connectivity index (χ1v) is 7.69. The predicted octanol–water partition coefficient (Wildman–Crippen LogP) is 1.82. The summed E-state index contributed by atoms with van der Waals surface area (Å²) in [6.45, 7) is 0. The number of carboxylic acid groups (broad SMARTS) is 1. The van der Waals surface area contributed by atoms with Crippen LogP contribution in [0, 0.1) is 0 Å². The molecule has 1 N–H and O–H groups in total. The molecule has 0 saturated carbocycles. The van der Waals surface area contributed by atoms with Gasteiger partial charge in [-0.15, -0.1) is 0 Å². The van der Waals surface area contributed by atoms with Crippen molar-refractivity contribution in [3.8, 4) is 0 Å². The number of rotatable bonds is 2.